The van der Waals surface area contributed by atoms with Gasteiger partial charge in [0, 0.05) is 25.4 Å². The predicted molar refractivity (Wildman–Crippen MR) is 50.1 cm³/mol. The minimum Gasteiger partial charge on any atom is -0.341 e. The van der Waals surface area contributed by atoms with E-state index in [1.54, 1.807) is 11.8 Å². The summed E-state index contributed by atoms with van der Waals surface area (Å²) >= 11 is 1.74. The third kappa shape index (κ3) is 1.59. The highest BCUT2D eigenvalue weighted by molar-refractivity contribution is 8.00. The third-order valence-electron chi connectivity index (χ3n) is 2.36. The predicted octanol–water partition coefficient (Wildman–Crippen LogP) is 0.271. The molecule has 2 saturated heterocycles. The molecule has 1 atom stereocenters. The fourth-order valence-electron chi connectivity index (χ4n) is 1.69. The minimum atomic E-state index is 0.0584. The van der Waals surface area contributed by atoms with Crippen LogP contribution in [0.1, 0.15) is 12.8 Å². The second-order valence-electron chi connectivity index (χ2n) is 3.24. The number of thioether (sulfide) groups is 1. The lowest BCUT2D eigenvalue weighted by Crippen LogP contribution is -2.40. The van der Waals surface area contributed by atoms with Crippen molar-refractivity contribution < 1.29 is 4.79 Å². The fraction of sp³-hybridized carbons (Fsp3) is 0.875. The molecule has 4 heteroatoms. The van der Waals surface area contributed by atoms with Crippen molar-refractivity contribution in [3.63, 3.8) is 0 Å². The molecule has 0 saturated carbocycles. The molecule has 0 spiro atoms. The van der Waals surface area contributed by atoms with Gasteiger partial charge in [-0.1, -0.05) is 0 Å². The highest BCUT2D eigenvalue weighted by atomic mass is 32.2. The number of nitrogens with zero attached hydrogens (tertiary/aromatic N) is 1. The van der Waals surface area contributed by atoms with E-state index in [9.17, 15) is 4.79 Å². The Morgan fingerprint density at radius 3 is 2.75 bits per heavy atom. The minimum absolute atomic E-state index is 0.0584. The van der Waals surface area contributed by atoms with E-state index < -0.39 is 0 Å². The van der Waals surface area contributed by atoms with Crippen LogP contribution in [0.25, 0.3) is 0 Å². The highest BCUT2D eigenvalue weighted by Gasteiger charge is 2.28. The number of likely N-dealkylation sites (tertiary alicyclic amines) is 1. The Kier molecular flexibility index (Phi) is 2.56. The second kappa shape index (κ2) is 3.66. The highest BCUT2D eigenvalue weighted by Crippen LogP contribution is 2.18. The van der Waals surface area contributed by atoms with Gasteiger partial charge in [-0.3, -0.25) is 10.1 Å². The van der Waals surface area contributed by atoms with E-state index >= 15 is 0 Å². The molecule has 0 radical (unpaired) electrons. The maximum Gasteiger partial charge on any atom is 0.250 e. The van der Waals surface area contributed by atoms with Crippen LogP contribution in [0.3, 0.4) is 0 Å². The maximum atomic E-state index is 11.7. The van der Waals surface area contributed by atoms with Crippen LogP contribution < -0.4 is 5.32 Å². The SMILES string of the molecule is O=C([C@@H]1NCCS1)N1CCCC1. The zero-order valence-electron chi connectivity index (χ0n) is 7.08. The molecule has 0 aliphatic carbocycles. The Hall–Kier alpha value is -0.220. The van der Waals surface area contributed by atoms with Gasteiger partial charge in [-0.05, 0) is 12.8 Å². The Balaban J connectivity index is 1.89. The molecule has 12 heavy (non-hydrogen) atoms. The van der Waals surface area contributed by atoms with E-state index in [-0.39, 0.29) is 5.37 Å². The van der Waals surface area contributed by atoms with E-state index in [1.807, 2.05) is 4.90 Å². The summed E-state index contributed by atoms with van der Waals surface area (Å²) < 4.78 is 0. The molecule has 0 aromatic heterocycles. The van der Waals surface area contributed by atoms with Gasteiger partial charge >= 0.3 is 0 Å². The summed E-state index contributed by atoms with van der Waals surface area (Å²) in [6.07, 6.45) is 2.37. The molecular weight excluding hydrogens is 172 g/mol. The Morgan fingerprint density at radius 1 is 1.42 bits per heavy atom. The lowest BCUT2D eigenvalue weighted by atomic mass is 10.4. The van der Waals surface area contributed by atoms with Crippen molar-refractivity contribution in [2.75, 3.05) is 25.4 Å². The van der Waals surface area contributed by atoms with E-state index in [2.05, 4.69) is 5.32 Å². The first-order valence-corrected chi connectivity index (χ1v) is 5.56. The van der Waals surface area contributed by atoms with Crippen LogP contribution in [0.2, 0.25) is 0 Å². The van der Waals surface area contributed by atoms with Gasteiger partial charge in [0.2, 0.25) is 5.91 Å². The first-order chi connectivity index (χ1) is 5.88. The molecule has 0 aromatic carbocycles. The Labute approximate surface area is 76.9 Å². The number of hydrogen-bond donors (Lipinski definition) is 1. The molecular formula is C8H14N2OS. The monoisotopic (exact) mass is 186 g/mol. The number of rotatable bonds is 1. The van der Waals surface area contributed by atoms with Gasteiger partial charge in [0.15, 0.2) is 0 Å². The van der Waals surface area contributed by atoms with Gasteiger partial charge in [-0.2, -0.15) is 0 Å². The van der Waals surface area contributed by atoms with Gasteiger partial charge in [-0.15, -0.1) is 11.8 Å². The topological polar surface area (TPSA) is 32.3 Å². The van der Waals surface area contributed by atoms with Crippen molar-refractivity contribution in [3.05, 3.63) is 0 Å². The van der Waals surface area contributed by atoms with Crippen molar-refractivity contribution >= 4 is 17.7 Å². The summed E-state index contributed by atoms with van der Waals surface area (Å²) in [5.74, 6) is 1.37. The zero-order chi connectivity index (χ0) is 8.39. The molecule has 1 N–H and O–H groups in total. The molecule has 2 rings (SSSR count). The molecule has 2 heterocycles. The van der Waals surface area contributed by atoms with Crippen LogP contribution in [-0.2, 0) is 4.79 Å². The van der Waals surface area contributed by atoms with Crippen LogP contribution >= 0.6 is 11.8 Å². The largest absolute Gasteiger partial charge is 0.341 e. The van der Waals surface area contributed by atoms with Gasteiger partial charge in [-0.25, -0.2) is 0 Å². The normalized spacial score (nSPS) is 29.7. The van der Waals surface area contributed by atoms with Crippen molar-refractivity contribution in [1.29, 1.82) is 0 Å². The third-order valence-corrected chi connectivity index (χ3v) is 3.50. The van der Waals surface area contributed by atoms with E-state index in [0.717, 1.165) is 25.4 Å². The van der Waals surface area contributed by atoms with Gasteiger partial charge in [0.25, 0.3) is 0 Å². The smallest absolute Gasteiger partial charge is 0.250 e. The molecule has 68 valence electrons. The average molecular weight is 186 g/mol. The zero-order valence-corrected chi connectivity index (χ0v) is 7.90. The van der Waals surface area contributed by atoms with Crippen LogP contribution in [-0.4, -0.2) is 41.6 Å². The van der Waals surface area contributed by atoms with E-state index in [1.165, 1.54) is 12.8 Å². The molecule has 2 fully saturated rings. The molecule has 2 aliphatic heterocycles. The number of carbonyl (C=O) groups is 1. The quantitative estimate of drug-likeness (QED) is 0.638. The standard InChI is InChI=1S/C8H14N2OS/c11-8(7-9-3-6-12-7)10-4-1-2-5-10/h7,9H,1-6H2/t7-/m1/s1. The molecule has 0 unspecified atom stereocenters. The number of hydrogen-bond acceptors (Lipinski definition) is 3. The fourth-order valence-corrected chi connectivity index (χ4v) is 2.69. The first kappa shape index (κ1) is 8.38. The number of amides is 1. The average Bonchev–Trinajstić information content (AvgIpc) is 2.77. The molecule has 0 aromatic rings. The van der Waals surface area contributed by atoms with Crippen molar-refractivity contribution in [2.24, 2.45) is 0 Å². The van der Waals surface area contributed by atoms with Crippen molar-refractivity contribution in [2.45, 2.75) is 18.2 Å². The Morgan fingerprint density at radius 2 is 2.17 bits per heavy atom. The summed E-state index contributed by atoms with van der Waals surface area (Å²) in [7, 11) is 0. The first-order valence-electron chi connectivity index (χ1n) is 4.52. The van der Waals surface area contributed by atoms with Crippen LogP contribution in [0.4, 0.5) is 0 Å². The van der Waals surface area contributed by atoms with E-state index in [4.69, 9.17) is 0 Å². The van der Waals surface area contributed by atoms with Gasteiger partial charge in [0.05, 0.1) is 0 Å². The summed E-state index contributed by atoms with van der Waals surface area (Å²) in [6.45, 7) is 2.92. The van der Waals surface area contributed by atoms with Gasteiger partial charge < -0.3 is 4.90 Å². The summed E-state index contributed by atoms with van der Waals surface area (Å²) in [6, 6.07) is 0. The summed E-state index contributed by atoms with van der Waals surface area (Å²) in [4.78, 5) is 13.7. The number of nitrogens with one attached hydrogen (secondary N) is 1. The molecule has 0 bridgehead atoms. The lowest BCUT2D eigenvalue weighted by molar-refractivity contribution is -0.129. The summed E-state index contributed by atoms with van der Waals surface area (Å²) in [5, 5.41) is 3.26. The number of carbonyl (C=O) groups excluding carboxylic acids is 1. The Bertz CT molecular complexity index is 156. The maximum absolute atomic E-state index is 11.7. The molecule has 1 amide bonds. The lowest BCUT2D eigenvalue weighted by Gasteiger charge is -2.18. The second-order valence-corrected chi connectivity index (χ2v) is 4.45. The summed E-state index contributed by atoms with van der Waals surface area (Å²) in [5.41, 5.74) is 0. The van der Waals surface area contributed by atoms with Gasteiger partial charge in [0.1, 0.15) is 5.37 Å². The molecule has 2 aliphatic rings. The van der Waals surface area contributed by atoms with Crippen molar-refractivity contribution in [3.8, 4) is 0 Å². The molecule has 3 nitrogen and oxygen atoms in total. The van der Waals surface area contributed by atoms with Crippen LogP contribution in [0.5, 0.6) is 0 Å². The van der Waals surface area contributed by atoms with E-state index in [0.29, 0.717) is 5.91 Å². The van der Waals surface area contributed by atoms with Crippen LogP contribution in [0.15, 0.2) is 0 Å². The van der Waals surface area contributed by atoms with Crippen LogP contribution in [0, 0.1) is 0 Å². The van der Waals surface area contributed by atoms with Crippen molar-refractivity contribution in [1.82, 2.24) is 10.2 Å².